The number of carbonyl (C=O) groups excluding carboxylic acids is 2. The summed E-state index contributed by atoms with van der Waals surface area (Å²) in [4.78, 5) is 28.7. The summed E-state index contributed by atoms with van der Waals surface area (Å²) >= 11 is 0. The number of amides is 2. The summed E-state index contributed by atoms with van der Waals surface area (Å²) in [6.45, 7) is -0.0860. The maximum absolute atomic E-state index is 14.2. The van der Waals surface area contributed by atoms with Crippen molar-refractivity contribution in [2.75, 3.05) is 19.7 Å². The topological polar surface area (TPSA) is 60.9 Å². The SMILES string of the molecule is O=C(c1ccccc1F)N1CC(=O)N2[C@H](CO)[C@H](c3ccc(C#Cc4ccc(F)cc4)cc3)[C@H]2C1. The lowest BCUT2D eigenvalue weighted by atomic mass is 9.73. The average molecular weight is 472 g/mol. The molecule has 5 rings (SSSR count). The molecule has 0 bridgehead atoms. The van der Waals surface area contributed by atoms with Crippen molar-refractivity contribution in [2.45, 2.75) is 18.0 Å². The first-order valence-corrected chi connectivity index (χ1v) is 11.3. The Hall–Kier alpha value is -4.02. The second-order valence-corrected chi connectivity index (χ2v) is 8.69. The van der Waals surface area contributed by atoms with E-state index in [1.165, 1.54) is 35.2 Å². The molecule has 7 heteroatoms. The lowest BCUT2D eigenvalue weighted by Crippen LogP contribution is -2.73. The fourth-order valence-corrected chi connectivity index (χ4v) is 4.93. The van der Waals surface area contributed by atoms with Crippen LogP contribution in [0.15, 0.2) is 72.8 Å². The van der Waals surface area contributed by atoms with Crippen LogP contribution in [0, 0.1) is 23.5 Å². The molecule has 2 aliphatic heterocycles. The molecule has 3 atom stereocenters. The first-order chi connectivity index (χ1) is 17.0. The van der Waals surface area contributed by atoms with Gasteiger partial charge < -0.3 is 14.9 Å². The van der Waals surface area contributed by atoms with Crippen molar-refractivity contribution in [3.8, 4) is 11.8 Å². The van der Waals surface area contributed by atoms with Crippen LogP contribution in [0.5, 0.6) is 0 Å². The molecule has 0 spiro atoms. The van der Waals surface area contributed by atoms with Crippen LogP contribution >= 0.6 is 0 Å². The van der Waals surface area contributed by atoms with Gasteiger partial charge in [-0.1, -0.05) is 36.1 Å². The predicted molar refractivity (Wildman–Crippen MR) is 125 cm³/mol. The van der Waals surface area contributed by atoms with Crippen LogP contribution in [0.1, 0.15) is 33.0 Å². The second kappa shape index (κ2) is 9.32. The van der Waals surface area contributed by atoms with Crippen molar-refractivity contribution in [1.82, 2.24) is 9.80 Å². The molecule has 1 N–H and O–H groups in total. The minimum Gasteiger partial charge on any atom is -0.394 e. The number of aliphatic hydroxyl groups is 1. The highest BCUT2D eigenvalue weighted by Gasteiger charge is 2.54. The molecule has 0 aromatic heterocycles. The summed E-state index contributed by atoms with van der Waals surface area (Å²) in [7, 11) is 0. The van der Waals surface area contributed by atoms with E-state index in [9.17, 15) is 23.5 Å². The number of aliphatic hydroxyl groups excluding tert-OH is 1. The number of benzene rings is 3. The highest BCUT2D eigenvalue weighted by atomic mass is 19.1. The zero-order chi connectivity index (χ0) is 24.5. The minimum absolute atomic E-state index is 0.0626. The van der Waals surface area contributed by atoms with Crippen LogP contribution in [0.4, 0.5) is 8.78 Å². The van der Waals surface area contributed by atoms with Crippen molar-refractivity contribution in [1.29, 1.82) is 0 Å². The maximum atomic E-state index is 14.2. The molecule has 0 unspecified atom stereocenters. The van der Waals surface area contributed by atoms with E-state index in [1.54, 1.807) is 23.1 Å². The van der Waals surface area contributed by atoms with E-state index in [0.717, 1.165) is 11.1 Å². The zero-order valence-electron chi connectivity index (χ0n) is 18.7. The largest absolute Gasteiger partial charge is 0.394 e. The van der Waals surface area contributed by atoms with Gasteiger partial charge in [-0.3, -0.25) is 9.59 Å². The van der Waals surface area contributed by atoms with Crippen LogP contribution in [-0.4, -0.2) is 58.5 Å². The van der Waals surface area contributed by atoms with Gasteiger partial charge in [0.15, 0.2) is 0 Å². The van der Waals surface area contributed by atoms with Gasteiger partial charge in [0.25, 0.3) is 5.91 Å². The van der Waals surface area contributed by atoms with E-state index < -0.39 is 11.7 Å². The number of piperazine rings is 1. The van der Waals surface area contributed by atoms with Gasteiger partial charge in [-0.05, 0) is 54.1 Å². The number of hydrogen-bond donors (Lipinski definition) is 1. The second-order valence-electron chi connectivity index (χ2n) is 8.69. The summed E-state index contributed by atoms with van der Waals surface area (Å²) in [6.07, 6.45) is 0. The van der Waals surface area contributed by atoms with E-state index in [4.69, 9.17) is 0 Å². The molecule has 0 radical (unpaired) electrons. The molecule has 2 fully saturated rings. The Morgan fingerprint density at radius 3 is 2.20 bits per heavy atom. The van der Waals surface area contributed by atoms with Gasteiger partial charge >= 0.3 is 0 Å². The van der Waals surface area contributed by atoms with Crippen LogP contribution in [0.25, 0.3) is 0 Å². The average Bonchev–Trinajstić information content (AvgIpc) is 2.85. The number of nitrogens with zero attached hydrogens (tertiary/aromatic N) is 2. The number of hydrogen-bond acceptors (Lipinski definition) is 3. The first-order valence-electron chi connectivity index (χ1n) is 11.3. The molecule has 0 saturated carbocycles. The van der Waals surface area contributed by atoms with Crippen molar-refractivity contribution >= 4 is 11.8 Å². The summed E-state index contributed by atoms with van der Waals surface area (Å²) in [5.74, 6) is 4.14. The molecule has 3 aromatic rings. The van der Waals surface area contributed by atoms with Crippen molar-refractivity contribution in [3.05, 3.63) is 107 Å². The van der Waals surface area contributed by atoms with E-state index in [1.807, 2.05) is 24.3 Å². The number of halogens is 2. The third kappa shape index (κ3) is 4.29. The Bertz CT molecular complexity index is 1330. The van der Waals surface area contributed by atoms with E-state index in [0.29, 0.717) is 5.56 Å². The van der Waals surface area contributed by atoms with Gasteiger partial charge in [0, 0.05) is 23.6 Å². The van der Waals surface area contributed by atoms with E-state index >= 15 is 0 Å². The lowest BCUT2D eigenvalue weighted by molar-refractivity contribution is -0.159. The molecule has 2 heterocycles. The highest BCUT2D eigenvalue weighted by molar-refractivity contribution is 5.97. The highest BCUT2D eigenvalue weighted by Crippen LogP contribution is 2.43. The van der Waals surface area contributed by atoms with Crippen LogP contribution in [-0.2, 0) is 4.79 Å². The monoisotopic (exact) mass is 472 g/mol. The van der Waals surface area contributed by atoms with Crippen molar-refractivity contribution in [3.63, 3.8) is 0 Å². The van der Waals surface area contributed by atoms with Crippen LogP contribution in [0.2, 0.25) is 0 Å². The summed E-state index contributed by atoms with van der Waals surface area (Å²) in [6, 6.07) is 18.5. The summed E-state index contributed by atoms with van der Waals surface area (Å²) in [5, 5.41) is 9.98. The molecule has 0 aliphatic carbocycles. The van der Waals surface area contributed by atoms with Gasteiger partial charge in [-0.2, -0.15) is 0 Å². The van der Waals surface area contributed by atoms with E-state index in [2.05, 4.69) is 11.8 Å². The fraction of sp³-hybridized carbons (Fsp3) is 0.214. The summed E-state index contributed by atoms with van der Waals surface area (Å²) < 4.78 is 27.2. The lowest BCUT2D eigenvalue weighted by Gasteiger charge is -2.58. The third-order valence-corrected chi connectivity index (χ3v) is 6.63. The number of rotatable bonds is 3. The van der Waals surface area contributed by atoms with Gasteiger partial charge in [-0.25, -0.2) is 8.78 Å². The Labute approximate surface area is 201 Å². The smallest absolute Gasteiger partial charge is 0.257 e. The van der Waals surface area contributed by atoms with Crippen LogP contribution in [0.3, 0.4) is 0 Å². The number of fused-ring (bicyclic) bond motifs is 1. The van der Waals surface area contributed by atoms with Gasteiger partial charge in [-0.15, -0.1) is 0 Å². The maximum Gasteiger partial charge on any atom is 0.257 e. The molecule has 35 heavy (non-hydrogen) atoms. The Morgan fingerprint density at radius 1 is 0.943 bits per heavy atom. The van der Waals surface area contributed by atoms with Crippen molar-refractivity contribution in [2.24, 2.45) is 0 Å². The molecular weight excluding hydrogens is 450 g/mol. The van der Waals surface area contributed by atoms with E-state index in [-0.39, 0.29) is 55.0 Å². The molecular formula is C28H22F2N2O3. The molecule has 5 nitrogen and oxygen atoms in total. The summed E-state index contributed by atoms with van der Waals surface area (Å²) in [5.41, 5.74) is 2.33. The molecule has 176 valence electrons. The first kappa shape index (κ1) is 22.8. The van der Waals surface area contributed by atoms with Gasteiger partial charge in [0.05, 0.1) is 24.3 Å². The predicted octanol–water partition coefficient (Wildman–Crippen LogP) is 3.18. The van der Waals surface area contributed by atoms with Gasteiger partial charge in [0.2, 0.25) is 5.91 Å². The number of carbonyl (C=O) groups is 2. The standard InChI is InChI=1S/C28H22F2N2O3/c29-21-13-9-19(10-14-21)6-5-18-7-11-20(12-8-18)27-24-15-31(16-26(34)32(24)25(27)17-33)28(35)22-3-1-2-4-23(22)30/h1-4,7-14,24-25,27,33H,15-17H2/t24-,25-,27-/m1/s1. The zero-order valence-corrected chi connectivity index (χ0v) is 18.7. The van der Waals surface area contributed by atoms with Crippen molar-refractivity contribution < 1.29 is 23.5 Å². The molecule has 2 amide bonds. The molecule has 2 aliphatic rings. The Morgan fingerprint density at radius 2 is 1.57 bits per heavy atom. The normalized spacial score (nSPS) is 21.0. The van der Waals surface area contributed by atoms with Crippen LogP contribution < -0.4 is 0 Å². The Balaban J connectivity index is 1.35. The Kier molecular flexibility index (Phi) is 6.06. The fourth-order valence-electron chi connectivity index (χ4n) is 4.93. The minimum atomic E-state index is -0.622. The van der Waals surface area contributed by atoms with Gasteiger partial charge in [0.1, 0.15) is 18.2 Å². The molecule has 2 saturated heterocycles. The third-order valence-electron chi connectivity index (χ3n) is 6.63. The molecule has 3 aromatic carbocycles. The quantitative estimate of drug-likeness (QED) is 0.596.